The standard InChI is InChI=1S/C12H15NO2/c1-8-6-9(2)11(13-7-8)12(14)10-4-3-5-15-10/h4,6-7,12,14H,3,5H2,1-2H3. The van der Waals surface area contributed by atoms with Gasteiger partial charge < -0.3 is 9.84 Å². The summed E-state index contributed by atoms with van der Waals surface area (Å²) in [6.45, 7) is 4.60. The first-order chi connectivity index (χ1) is 7.18. The normalized spacial score (nSPS) is 17.1. The molecule has 0 aliphatic carbocycles. The van der Waals surface area contributed by atoms with Gasteiger partial charge in [0.1, 0.15) is 5.76 Å². The molecule has 15 heavy (non-hydrogen) atoms. The van der Waals surface area contributed by atoms with Gasteiger partial charge >= 0.3 is 0 Å². The first-order valence-corrected chi connectivity index (χ1v) is 5.12. The Labute approximate surface area is 89.4 Å². The Morgan fingerprint density at radius 1 is 1.47 bits per heavy atom. The molecule has 2 heterocycles. The van der Waals surface area contributed by atoms with Crippen LogP contribution in [0.3, 0.4) is 0 Å². The van der Waals surface area contributed by atoms with Crippen molar-refractivity contribution in [3.8, 4) is 0 Å². The number of aromatic nitrogens is 1. The number of nitrogens with zero attached hydrogens (tertiary/aromatic N) is 1. The van der Waals surface area contributed by atoms with Gasteiger partial charge in [-0.1, -0.05) is 6.07 Å². The van der Waals surface area contributed by atoms with Gasteiger partial charge in [0.25, 0.3) is 0 Å². The second-order valence-electron chi connectivity index (χ2n) is 3.86. The number of hydrogen-bond donors (Lipinski definition) is 1. The van der Waals surface area contributed by atoms with E-state index in [2.05, 4.69) is 4.98 Å². The van der Waals surface area contributed by atoms with Gasteiger partial charge in [0, 0.05) is 12.6 Å². The van der Waals surface area contributed by atoms with E-state index in [9.17, 15) is 5.11 Å². The summed E-state index contributed by atoms with van der Waals surface area (Å²) in [7, 11) is 0. The van der Waals surface area contributed by atoms with E-state index in [0.29, 0.717) is 18.1 Å². The maximum atomic E-state index is 10.0. The lowest BCUT2D eigenvalue weighted by molar-refractivity contribution is 0.115. The van der Waals surface area contributed by atoms with Crippen LogP contribution in [0.1, 0.15) is 29.3 Å². The van der Waals surface area contributed by atoms with Gasteiger partial charge in [-0.15, -0.1) is 0 Å². The number of hydrogen-bond acceptors (Lipinski definition) is 3. The highest BCUT2D eigenvalue weighted by Crippen LogP contribution is 2.26. The number of aliphatic hydroxyl groups excluding tert-OH is 1. The molecule has 0 saturated carbocycles. The molecule has 0 saturated heterocycles. The third-order valence-electron chi connectivity index (χ3n) is 2.52. The Hall–Kier alpha value is -1.35. The highest BCUT2D eigenvalue weighted by molar-refractivity contribution is 5.28. The van der Waals surface area contributed by atoms with Crippen molar-refractivity contribution in [2.75, 3.05) is 6.61 Å². The lowest BCUT2D eigenvalue weighted by Crippen LogP contribution is -2.07. The minimum Gasteiger partial charge on any atom is -0.495 e. The first-order valence-electron chi connectivity index (χ1n) is 5.12. The molecule has 1 aromatic rings. The molecule has 3 heteroatoms. The first kappa shape index (κ1) is 10.2. The molecular weight excluding hydrogens is 190 g/mol. The van der Waals surface area contributed by atoms with E-state index >= 15 is 0 Å². The van der Waals surface area contributed by atoms with Crippen molar-refractivity contribution in [1.29, 1.82) is 0 Å². The Balaban J connectivity index is 2.28. The Kier molecular flexibility index (Phi) is 2.73. The Bertz CT molecular complexity index is 399. The molecule has 1 aliphatic heterocycles. The Morgan fingerprint density at radius 2 is 2.27 bits per heavy atom. The van der Waals surface area contributed by atoms with Crippen LogP contribution in [0.15, 0.2) is 24.1 Å². The van der Waals surface area contributed by atoms with Crippen LogP contribution in [0.2, 0.25) is 0 Å². The number of ether oxygens (including phenoxy) is 1. The van der Waals surface area contributed by atoms with Gasteiger partial charge in [0.15, 0.2) is 6.10 Å². The van der Waals surface area contributed by atoms with E-state index in [4.69, 9.17) is 4.74 Å². The average molecular weight is 205 g/mol. The van der Waals surface area contributed by atoms with Crippen LogP contribution in [0.5, 0.6) is 0 Å². The fraction of sp³-hybridized carbons (Fsp3) is 0.417. The molecule has 1 N–H and O–H groups in total. The van der Waals surface area contributed by atoms with Gasteiger partial charge in [0.2, 0.25) is 0 Å². The third kappa shape index (κ3) is 2.02. The maximum absolute atomic E-state index is 10.0. The predicted molar refractivity (Wildman–Crippen MR) is 57.3 cm³/mol. The summed E-state index contributed by atoms with van der Waals surface area (Å²) >= 11 is 0. The van der Waals surface area contributed by atoms with Crippen LogP contribution in [0, 0.1) is 13.8 Å². The number of aliphatic hydroxyl groups is 1. The summed E-state index contributed by atoms with van der Waals surface area (Å²) < 4.78 is 5.33. The van der Waals surface area contributed by atoms with Crippen LogP contribution < -0.4 is 0 Å². The quantitative estimate of drug-likeness (QED) is 0.803. The highest BCUT2D eigenvalue weighted by Gasteiger charge is 2.20. The van der Waals surface area contributed by atoms with E-state index in [1.807, 2.05) is 26.0 Å². The molecule has 0 amide bonds. The average Bonchev–Trinajstić information content (AvgIpc) is 2.69. The van der Waals surface area contributed by atoms with Crippen LogP contribution in [-0.4, -0.2) is 16.7 Å². The summed E-state index contributed by atoms with van der Waals surface area (Å²) in [5, 5.41) is 10.0. The zero-order valence-corrected chi connectivity index (χ0v) is 9.03. The topological polar surface area (TPSA) is 42.4 Å². The van der Waals surface area contributed by atoms with Crippen molar-refractivity contribution >= 4 is 0 Å². The van der Waals surface area contributed by atoms with E-state index in [0.717, 1.165) is 17.5 Å². The maximum Gasteiger partial charge on any atom is 0.153 e. The SMILES string of the molecule is Cc1cnc(C(O)C2=CCCO2)c(C)c1. The van der Waals surface area contributed by atoms with Crippen molar-refractivity contribution in [3.05, 3.63) is 40.9 Å². The van der Waals surface area contributed by atoms with Crippen LogP contribution in [-0.2, 0) is 4.74 Å². The van der Waals surface area contributed by atoms with Crippen molar-refractivity contribution in [1.82, 2.24) is 4.98 Å². The molecule has 1 aliphatic rings. The van der Waals surface area contributed by atoms with E-state index in [1.165, 1.54) is 0 Å². The zero-order valence-electron chi connectivity index (χ0n) is 9.03. The molecule has 0 fully saturated rings. The molecule has 80 valence electrons. The van der Waals surface area contributed by atoms with Gasteiger partial charge in [-0.25, -0.2) is 0 Å². The number of rotatable bonds is 2. The summed E-state index contributed by atoms with van der Waals surface area (Å²) in [5.74, 6) is 0.634. The molecular formula is C12H15NO2. The second kappa shape index (κ2) is 4.03. The molecule has 3 nitrogen and oxygen atoms in total. The minimum absolute atomic E-state index is 0.634. The summed E-state index contributed by atoms with van der Waals surface area (Å²) in [5.41, 5.74) is 2.79. The molecule has 0 aromatic carbocycles. The molecule has 1 aromatic heterocycles. The molecule has 1 atom stereocenters. The Morgan fingerprint density at radius 3 is 2.87 bits per heavy atom. The van der Waals surface area contributed by atoms with Crippen molar-refractivity contribution in [2.45, 2.75) is 26.4 Å². The lowest BCUT2D eigenvalue weighted by atomic mass is 10.1. The predicted octanol–water partition coefficient (Wildman–Crippen LogP) is 2.04. The highest BCUT2D eigenvalue weighted by atomic mass is 16.5. The summed E-state index contributed by atoms with van der Waals surface area (Å²) in [6.07, 6.45) is 3.84. The molecule has 2 rings (SSSR count). The second-order valence-corrected chi connectivity index (χ2v) is 3.86. The smallest absolute Gasteiger partial charge is 0.153 e. The minimum atomic E-state index is -0.715. The van der Waals surface area contributed by atoms with Crippen molar-refractivity contribution < 1.29 is 9.84 Å². The molecule has 0 radical (unpaired) electrons. The van der Waals surface area contributed by atoms with Crippen molar-refractivity contribution in [3.63, 3.8) is 0 Å². The van der Waals surface area contributed by atoms with Gasteiger partial charge in [-0.05, 0) is 31.1 Å². The van der Waals surface area contributed by atoms with Crippen molar-refractivity contribution in [2.24, 2.45) is 0 Å². The van der Waals surface area contributed by atoms with Gasteiger partial charge in [0.05, 0.1) is 12.3 Å². The van der Waals surface area contributed by atoms with E-state index < -0.39 is 6.10 Å². The molecule has 1 unspecified atom stereocenters. The monoisotopic (exact) mass is 205 g/mol. The lowest BCUT2D eigenvalue weighted by Gasteiger charge is -2.14. The van der Waals surface area contributed by atoms with Crippen LogP contribution in [0.25, 0.3) is 0 Å². The fourth-order valence-corrected chi connectivity index (χ4v) is 1.77. The van der Waals surface area contributed by atoms with Gasteiger partial charge in [-0.2, -0.15) is 0 Å². The van der Waals surface area contributed by atoms with Gasteiger partial charge in [-0.3, -0.25) is 4.98 Å². The summed E-state index contributed by atoms with van der Waals surface area (Å²) in [6, 6.07) is 2.01. The molecule has 0 bridgehead atoms. The van der Waals surface area contributed by atoms with E-state index in [1.54, 1.807) is 6.20 Å². The number of aryl methyl sites for hydroxylation is 2. The van der Waals surface area contributed by atoms with E-state index in [-0.39, 0.29) is 0 Å². The summed E-state index contributed by atoms with van der Waals surface area (Å²) in [4.78, 5) is 4.25. The fourth-order valence-electron chi connectivity index (χ4n) is 1.77. The third-order valence-corrected chi connectivity index (χ3v) is 2.52. The zero-order chi connectivity index (χ0) is 10.8. The van der Waals surface area contributed by atoms with Crippen LogP contribution in [0.4, 0.5) is 0 Å². The molecule has 0 spiro atoms. The number of pyridine rings is 1. The largest absolute Gasteiger partial charge is 0.495 e. The van der Waals surface area contributed by atoms with Crippen LogP contribution >= 0.6 is 0 Å².